The van der Waals surface area contributed by atoms with E-state index < -0.39 is 5.54 Å². The maximum atomic E-state index is 11.5. The summed E-state index contributed by atoms with van der Waals surface area (Å²) in [7, 11) is 1.37. The van der Waals surface area contributed by atoms with Crippen LogP contribution in [0.2, 0.25) is 0 Å². The number of methoxy groups -OCH3 is 1. The van der Waals surface area contributed by atoms with Crippen molar-refractivity contribution < 1.29 is 9.53 Å². The standard InChI is InChI=1S/C11H17NO2/c1-8(2)9-5-4-6-11(12,7-9)10(13)14-3/h5H,1,4,6-7,12H2,2-3H3/t11-/m1/s1. The lowest BCUT2D eigenvalue weighted by atomic mass is 9.80. The van der Waals surface area contributed by atoms with E-state index in [2.05, 4.69) is 12.7 Å². The highest BCUT2D eigenvalue weighted by molar-refractivity contribution is 5.81. The van der Waals surface area contributed by atoms with Gasteiger partial charge in [-0.15, -0.1) is 0 Å². The molecule has 0 aliphatic heterocycles. The topological polar surface area (TPSA) is 52.3 Å². The summed E-state index contributed by atoms with van der Waals surface area (Å²) < 4.78 is 4.70. The van der Waals surface area contributed by atoms with Crippen LogP contribution >= 0.6 is 0 Å². The van der Waals surface area contributed by atoms with Crippen molar-refractivity contribution in [2.24, 2.45) is 5.73 Å². The maximum absolute atomic E-state index is 11.5. The summed E-state index contributed by atoms with van der Waals surface area (Å²) >= 11 is 0. The Balaban J connectivity index is 2.82. The average molecular weight is 195 g/mol. The molecule has 1 rings (SSSR count). The van der Waals surface area contributed by atoms with E-state index in [-0.39, 0.29) is 5.97 Å². The van der Waals surface area contributed by atoms with E-state index in [4.69, 9.17) is 10.5 Å². The van der Waals surface area contributed by atoms with Crippen LogP contribution in [-0.2, 0) is 9.53 Å². The van der Waals surface area contributed by atoms with E-state index in [0.29, 0.717) is 12.8 Å². The van der Waals surface area contributed by atoms with Crippen molar-refractivity contribution in [2.45, 2.75) is 31.7 Å². The van der Waals surface area contributed by atoms with Crippen molar-refractivity contribution in [1.29, 1.82) is 0 Å². The van der Waals surface area contributed by atoms with Crippen LogP contribution < -0.4 is 5.73 Å². The van der Waals surface area contributed by atoms with Crippen LogP contribution in [-0.4, -0.2) is 18.6 Å². The van der Waals surface area contributed by atoms with Gasteiger partial charge in [-0.1, -0.05) is 18.2 Å². The molecule has 0 saturated heterocycles. The first-order chi connectivity index (χ1) is 6.49. The minimum absolute atomic E-state index is 0.329. The Labute approximate surface area is 84.6 Å². The van der Waals surface area contributed by atoms with Crippen LogP contribution in [0.1, 0.15) is 26.2 Å². The molecule has 2 N–H and O–H groups in total. The van der Waals surface area contributed by atoms with Crippen LogP contribution in [0.4, 0.5) is 0 Å². The molecule has 1 aliphatic carbocycles. The highest BCUT2D eigenvalue weighted by Crippen LogP contribution is 2.30. The zero-order valence-corrected chi connectivity index (χ0v) is 8.80. The molecular weight excluding hydrogens is 178 g/mol. The van der Waals surface area contributed by atoms with Gasteiger partial charge < -0.3 is 10.5 Å². The van der Waals surface area contributed by atoms with Gasteiger partial charge in [0, 0.05) is 6.42 Å². The zero-order chi connectivity index (χ0) is 10.8. The molecule has 0 aromatic carbocycles. The normalized spacial score (nSPS) is 26.6. The first-order valence-corrected chi connectivity index (χ1v) is 4.72. The molecule has 0 radical (unpaired) electrons. The second kappa shape index (κ2) is 3.96. The summed E-state index contributed by atoms with van der Waals surface area (Å²) in [6, 6.07) is 0. The SMILES string of the molecule is C=C(C)C1=CCC[C@](N)(C(=O)OC)C1. The Morgan fingerprint density at radius 1 is 1.71 bits per heavy atom. The number of esters is 1. The number of hydrogen-bond acceptors (Lipinski definition) is 3. The summed E-state index contributed by atoms with van der Waals surface area (Å²) in [6.45, 7) is 5.78. The quantitative estimate of drug-likeness (QED) is 0.680. The fourth-order valence-electron chi connectivity index (χ4n) is 1.71. The van der Waals surface area contributed by atoms with Gasteiger partial charge in [0.15, 0.2) is 0 Å². The number of nitrogens with two attached hydrogens (primary N) is 1. The van der Waals surface area contributed by atoms with Gasteiger partial charge in [-0.3, -0.25) is 4.79 Å². The lowest BCUT2D eigenvalue weighted by molar-refractivity contribution is -0.147. The van der Waals surface area contributed by atoms with Crippen molar-refractivity contribution in [3.8, 4) is 0 Å². The van der Waals surface area contributed by atoms with Crippen molar-refractivity contribution >= 4 is 5.97 Å². The smallest absolute Gasteiger partial charge is 0.326 e. The second-order valence-electron chi connectivity index (χ2n) is 3.87. The van der Waals surface area contributed by atoms with E-state index in [1.54, 1.807) is 0 Å². The molecule has 0 aromatic rings. The number of ether oxygens (including phenoxy) is 1. The molecule has 14 heavy (non-hydrogen) atoms. The van der Waals surface area contributed by atoms with Crippen molar-refractivity contribution in [3.05, 3.63) is 23.8 Å². The fraction of sp³-hybridized carbons (Fsp3) is 0.545. The van der Waals surface area contributed by atoms with Crippen molar-refractivity contribution in [1.82, 2.24) is 0 Å². The van der Waals surface area contributed by atoms with Gasteiger partial charge in [-0.05, 0) is 25.3 Å². The Kier molecular flexibility index (Phi) is 3.11. The maximum Gasteiger partial charge on any atom is 0.326 e. The summed E-state index contributed by atoms with van der Waals surface area (Å²) in [5, 5.41) is 0. The van der Waals surface area contributed by atoms with Gasteiger partial charge in [0.05, 0.1) is 7.11 Å². The van der Waals surface area contributed by atoms with Crippen LogP contribution in [0.5, 0.6) is 0 Å². The predicted octanol–water partition coefficient (Wildman–Crippen LogP) is 1.54. The Morgan fingerprint density at radius 2 is 2.36 bits per heavy atom. The minimum Gasteiger partial charge on any atom is -0.468 e. The number of carbonyl (C=O) groups is 1. The molecule has 78 valence electrons. The molecule has 0 unspecified atom stereocenters. The largest absolute Gasteiger partial charge is 0.468 e. The molecule has 0 spiro atoms. The second-order valence-corrected chi connectivity index (χ2v) is 3.87. The summed E-state index contributed by atoms with van der Waals surface area (Å²) in [5.74, 6) is -0.329. The van der Waals surface area contributed by atoms with Gasteiger partial charge in [-0.2, -0.15) is 0 Å². The van der Waals surface area contributed by atoms with Gasteiger partial charge >= 0.3 is 5.97 Å². The summed E-state index contributed by atoms with van der Waals surface area (Å²) in [4.78, 5) is 11.5. The molecule has 3 heteroatoms. The molecular formula is C11H17NO2. The van der Waals surface area contributed by atoms with Crippen LogP contribution in [0, 0.1) is 0 Å². The van der Waals surface area contributed by atoms with Gasteiger partial charge in [-0.25, -0.2) is 0 Å². The third-order valence-corrected chi connectivity index (χ3v) is 2.63. The van der Waals surface area contributed by atoms with Crippen molar-refractivity contribution in [3.63, 3.8) is 0 Å². The number of allylic oxidation sites excluding steroid dienone is 2. The average Bonchev–Trinajstić information content (AvgIpc) is 2.16. The third-order valence-electron chi connectivity index (χ3n) is 2.63. The first kappa shape index (κ1) is 11.0. The van der Waals surface area contributed by atoms with Gasteiger partial charge in [0.2, 0.25) is 0 Å². The number of rotatable bonds is 2. The first-order valence-electron chi connectivity index (χ1n) is 4.72. The molecule has 1 atom stereocenters. The monoisotopic (exact) mass is 195 g/mol. The van der Waals surface area contributed by atoms with Gasteiger partial charge in [0.1, 0.15) is 5.54 Å². The molecule has 0 heterocycles. The fourth-order valence-corrected chi connectivity index (χ4v) is 1.71. The van der Waals surface area contributed by atoms with E-state index in [0.717, 1.165) is 17.6 Å². The van der Waals surface area contributed by atoms with Crippen LogP contribution in [0.15, 0.2) is 23.8 Å². The molecule has 0 saturated carbocycles. The Hall–Kier alpha value is -1.09. The predicted molar refractivity (Wildman–Crippen MR) is 55.7 cm³/mol. The third kappa shape index (κ3) is 2.04. The molecule has 1 aliphatic rings. The highest BCUT2D eigenvalue weighted by atomic mass is 16.5. The lowest BCUT2D eigenvalue weighted by Gasteiger charge is -2.30. The molecule has 0 bridgehead atoms. The minimum atomic E-state index is -0.849. The molecule has 0 aromatic heterocycles. The van der Waals surface area contributed by atoms with E-state index in [1.807, 2.05) is 6.92 Å². The Bertz CT molecular complexity index is 294. The van der Waals surface area contributed by atoms with E-state index >= 15 is 0 Å². The summed E-state index contributed by atoms with van der Waals surface area (Å²) in [5.41, 5.74) is 7.18. The highest BCUT2D eigenvalue weighted by Gasteiger charge is 2.37. The van der Waals surface area contributed by atoms with Crippen LogP contribution in [0.25, 0.3) is 0 Å². The van der Waals surface area contributed by atoms with Crippen LogP contribution in [0.3, 0.4) is 0 Å². The zero-order valence-electron chi connectivity index (χ0n) is 8.80. The van der Waals surface area contributed by atoms with E-state index in [9.17, 15) is 4.79 Å². The lowest BCUT2D eigenvalue weighted by Crippen LogP contribution is -2.50. The molecule has 0 fully saturated rings. The number of hydrogen-bond donors (Lipinski definition) is 1. The summed E-state index contributed by atoms with van der Waals surface area (Å²) in [6.07, 6.45) is 4.09. The van der Waals surface area contributed by atoms with E-state index in [1.165, 1.54) is 7.11 Å². The van der Waals surface area contributed by atoms with Gasteiger partial charge in [0.25, 0.3) is 0 Å². The molecule has 0 amide bonds. The Morgan fingerprint density at radius 3 is 2.86 bits per heavy atom. The molecule has 3 nitrogen and oxygen atoms in total. The number of carbonyl (C=O) groups excluding carboxylic acids is 1. The van der Waals surface area contributed by atoms with Crippen molar-refractivity contribution in [2.75, 3.05) is 7.11 Å².